The van der Waals surface area contributed by atoms with Gasteiger partial charge in [0.05, 0.1) is 11.7 Å². The molecule has 4 atom stereocenters. The molecule has 0 aliphatic rings. The minimum absolute atomic E-state index is 0. The number of nitrogens with one attached hydrogen (secondary N) is 1. The number of alkyl halides is 3. The molecule has 1 amide bonds. The normalized spacial score (nSPS) is 16.0. The molecule has 8 nitrogen and oxygen atoms in total. The van der Waals surface area contributed by atoms with Crippen molar-refractivity contribution in [1.82, 2.24) is 10.3 Å². The summed E-state index contributed by atoms with van der Waals surface area (Å²) in [5.41, 5.74) is 8.19. The van der Waals surface area contributed by atoms with Gasteiger partial charge in [0.2, 0.25) is 0 Å². The zero-order valence-electron chi connectivity index (χ0n) is 16.7. The van der Waals surface area contributed by atoms with E-state index in [1.54, 1.807) is 24.4 Å². The van der Waals surface area contributed by atoms with E-state index >= 15 is 0 Å². The van der Waals surface area contributed by atoms with E-state index in [1.165, 1.54) is 12.1 Å². The van der Waals surface area contributed by atoms with Crippen molar-refractivity contribution in [3.8, 4) is 11.1 Å². The van der Waals surface area contributed by atoms with E-state index in [0.717, 1.165) is 16.8 Å². The minimum Gasteiger partial charge on any atom is -0.756 e. The Kier molecular flexibility index (Phi) is 11.6. The molecule has 2 aromatic rings. The second kappa shape index (κ2) is 12.6. The van der Waals surface area contributed by atoms with Crippen LogP contribution in [0.15, 0.2) is 42.6 Å². The molecule has 0 aliphatic carbocycles. The second-order valence-electron chi connectivity index (χ2n) is 6.45. The smallest absolute Gasteiger partial charge is 0.756 e. The maximum Gasteiger partial charge on any atom is 1.00 e. The van der Waals surface area contributed by atoms with Crippen molar-refractivity contribution in [1.29, 1.82) is 0 Å². The molecular weight excluding hydrogens is 482 g/mol. The van der Waals surface area contributed by atoms with Gasteiger partial charge in [0, 0.05) is 17.8 Å². The van der Waals surface area contributed by atoms with Gasteiger partial charge in [-0.3, -0.25) is 14.3 Å². The molecule has 0 aliphatic heterocycles. The molecule has 1 heterocycles. The van der Waals surface area contributed by atoms with Gasteiger partial charge in [-0.05, 0) is 24.1 Å². The van der Waals surface area contributed by atoms with Gasteiger partial charge in [-0.15, -0.1) is 0 Å². The van der Waals surface area contributed by atoms with E-state index in [4.69, 9.17) is 33.8 Å². The number of aromatic nitrogens is 1. The first-order chi connectivity index (χ1) is 14.0. The summed E-state index contributed by atoms with van der Waals surface area (Å²) in [5, 5.41) is 2.15. The Morgan fingerprint density at radius 1 is 1.29 bits per heavy atom. The monoisotopic (exact) mass is 501 g/mol. The number of phosphoric ester groups is 1. The average molecular weight is 502 g/mol. The van der Waals surface area contributed by atoms with Crippen LogP contribution < -0.4 is 45.5 Å². The van der Waals surface area contributed by atoms with E-state index in [1.807, 2.05) is 13.0 Å². The van der Waals surface area contributed by atoms with Crippen molar-refractivity contribution < 1.29 is 57.6 Å². The number of hydrogen-bond donors (Lipinski definition) is 3. The molecule has 2 rings (SSSR count). The first-order valence-electron chi connectivity index (χ1n) is 8.70. The summed E-state index contributed by atoms with van der Waals surface area (Å²) in [6.07, 6.45) is 0.0828. The summed E-state index contributed by atoms with van der Waals surface area (Å²) in [6.45, 7) is 0.602. The Morgan fingerprint density at radius 2 is 1.87 bits per heavy atom. The fourth-order valence-electron chi connectivity index (χ4n) is 2.66. The summed E-state index contributed by atoms with van der Waals surface area (Å²) in [7, 11) is -5.26. The van der Waals surface area contributed by atoms with E-state index in [0.29, 0.717) is 0 Å². The molecule has 164 valence electrons. The van der Waals surface area contributed by atoms with Crippen LogP contribution in [-0.4, -0.2) is 33.3 Å². The molecule has 1 aromatic heterocycles. The number of hydrogen-bond acceptors (Lipinski definition) is 6. The Balaban J connectivity index is 0.00000480. The topological polar surface area (TPSA) is 138 Å². The third-order valence-corrected chi connectivity index (χ3v) is 5.02. The number of halogens is 3. The second-order valence-corrected chi connectivity index (χ2v) is 8.69. The summed E-state index contributed by atoms with van der Waals surface area (Å²) in [6, 6.07) is 8.13. The third kappa shape index (κ3) is 8.70. The van der Waals surface area contributed by atoms with Crippen LogP contribution in [0.25, 0.3) is 11.1 Å². The van der Waals surface area contributed by atoms with Crippen molar-refractivity contribution in [2.45, 2.75) is 29.9 Å². The average Bonchev–Trinajstić information content (AvgIpc) is 2.69. The van der Waals surface area contributed by atoms with Gasteiger partial charge in [-0.2, -0.15) is 0 Å². The van der Waals surface area contributed by atoms with Gasteiger partial charge in [-0.25, -0.2) is 4.39 Å². The van der Waals surface area contributed by atoms with E-state index in [-0.39, 0.29) is 41.2 Å². The van der Waals surface area contributed by atoms with E-state index in [2.05, 4.69) is 14.8 Å². The van der Waals surface area contributed by atoms with Crippen LogP contribution in [0, 0.1) is 0 Å². The number of nitrogens with zero attached hydrogens (tertiary/aromatic N) is 1. The van der Waals surface area contributed by atoms with Crippen LogP contribution in [0.1, 0.15) is 30.3 Å². The van der Waals surface area contributed by atoms with Crippen molar-refractivity contribution in [2.24, 2.45) is 5.73 Å². The fourth-order valence-corrected chi connectivity index (χ4v) is 3.34. The van der Waals surface area contributed by atoms with Gasteiger partial charge in [0.1, 0.15) is 12.8 Å². The molecule has 0 saturated heterocycles. The maximum absolute atomic E-state index is 13.6. The molecule has 0 spiro atoms. The van der Waals surface area contributed by atoms with Crippen LogP contribution >= 0.6 is 31.0 Å². The predicted octanol–water partition coefficient (Wildman–Crippen LogP) is -0.451. The summed E-state index contributed by atoms with van der Waals surface area (Å²) in [5.74, 6) is -0.940. The molecular formula is C18H20Cl2FN3NaO5P. The molecule has 4 N–H and O–H groups in total. The van der Waals surface area contributed by atoms with Crippen molar-refractivity contribution in [2.75, 3.05) is 6.67 Å². The van der Waals surface area contributed by atoms with Crippen molar-refractivity contribution >= 4 is 36.9 Å². The van der Waals surface area contributed by atoms with Gasteiger partial charge in [-0.1, -0.05) is 53.5 Å². The molecule has 0 radical (unpaired) electrons. The largest absolute Gasteiger partial charge is 1.00 e. The maximum atomic E-state index is 13.6. The Morgan fingerprint density at radius 3 is 2.29 bits per heavy atom. The van der Waals surface area contributed by atoms with Crippen LogP contribution in [0.5, 0.6) is 0 Å². The minimum atomic E-state index is -5.26. The zero-order chi connectivity index (χ0) is 22.5. The molecule has 4 unspecified atom stereocenters. The number of amides is 1. The first kappa shape index (κ1) is 28.5. The number of carbonyl (C=O) groups is 1. The van der Waals surface area contributed by atoms with E-state index < -0.39 is 37.4 Å². The first-order valence-corrected chi connectivity index (χ1v) is 11.1. The fraction of sp³-hybridized carbons (Fsp3) is 0.333. The summed E-state index contributed by atoms with van der Waals surface area (Å²) >= 11 is 10.9. The van der Waals surface area contributed by atoms with Gasteiger partial charge >= 0.3 is 29.6 Å². The molecule has 0 bridgehead atoms. The molecule has 0 fully saturated rings. The quantitative estimate of drug-likeness (QED) is 0.240. The molecule has 1 aromatic carbocycles. The number of rotatable bonds is 9. The van der Waals surface area contributed by atoms with Gasteiger partial charge in [0.25, 0.3) is 13.7 Å². The van der Waals surface area contributed by atoms with Crippen LogP contribution in [0.3, 0.4) is 0 Å². The van der Waals surface area contributed by atoms with Gasteiger partial charge < -0.3 is 25.4 Å². The molecule has 13 heteroatoms. The molecule has 31 heavy (non-hydrogen) atoms. The standard InChI is InChI=1S/C18H21Cl2FN3O5P.Na/c1-10(22)14-7-6-13(9-23-14)11-2-4-12(5-3-11)16(29-30(26,27)28)15(8-21)24-18(25)17(19)20;/h2-7,9-10,15-17H,8,22H2,1H3,(H,24,25)(H2,26,27,28);/q;+1/p-1. The Labute approximate surface area is 211 Å². The number of nitrogens with two attached hydrogens (primary N) is 1. The van der Waals surface area contributed by atoms with Crippen LogP contribution in [0.2, 0.25) is 0 Å². The number of pyridine rings is 1. The number of carbonyl (C=O) groups excluding carboxylic acids is 1. The summed E-state index contributed by atoms with van der Waals surface area (Å²) < 4.78 is 29.5. The van der Waals surface area contributed by atoms with Crippen LogP contribution in [0.4, 0.5) is 4.39 Å². The third-order valence-electron chi connectivity index (χ3n) is 4.13. The number of phosphoric acid groups is 1. The number of benzene rings is 1. The van der Waals surface area contributed by atoms with Crippen molar-refractivity contribution in [3.63, 3.8) is 0 Å². The Hall–Kier alpha value is -0.580. The zero-order valence-corrected chi connectivity index (χ0v) is 21.2. The van der Waals surface area contributed by atoms with E-state index in [9.17, 15) is 18.6 Å². The summed E-state index contributed by atoms with van der Waals surface area (Å²) in [4.78, 5) is 34.9. The Bertz CT molecular complexity index is 900. The predicted molar refractivity (Wildman–Crippen MR) is 109 cm³/mol. The molecule has 0 saturated carbocycles. The SMILES string of the molecule is CC(N)c1ccc(-c2ccc(C(OP(=O)([O-])O)C(CF)NC(=O)C(Cl)Cl)cc2)cn1.[Na+]. The van der Waals surface area contributed by atoms with Gasteiger partial charge in [0.15, 0.2) is 4.84 Å². The van der Waals surface area contributed by atoms with Crippen molar-refractivity contribution in [3.05, 3.63) is 53.9 Å². The van der Waals surface area contributed by atoms with Crippen LogP contribution in [-0.2, 0) is 13.9 Å².